The van der Waals surface area contributed by atoms with Crippen molar-refractivity contribution in [2.24, 2.45) is 29.6 Å². The molecular weight excluding hydrogens is 597 g/mol. The molecule has 0 amide bonds. The molecule has 0 aliphatic heterocycles. The van der Waals surface area contributed by atoms with E-state index < -0.39 is 0 Å². The van der Waals surface area contributed by atoms with Crippen molar-refractivity contribution in [1.82, 2.24) is 0 Å². The second-order valence-electron chi connectivity index (χ2n) is 17.9. The van der Waals surface area contributed by atoms with Gasteiger partial charge in [0.1, 0.15) is 0 Å². The van der Waals surface area contributed by atoms with Crippen molar-refractivity contribution in [1.29, 1.82) is 0 Å². The van der Waals surface area contributed by atoms with E-state index in [9.17, 15) is 0 Å². The van der Waals surface area contributed by atoms with Gasteiger partial charge in [-0.1, -0.05) is 128 Å². The Kier molecular flexibility index (Phi) is 15.9. The van der Waals surface area contributed by atoms with Crippen LogP contribution in [0.5, 0.6) is 0 Å². The fraction of sp³-hybridized carbons (Fsp3) is 1.00. The van der Waals surface area contributed by atoms with Crippen LogP contribution >= 0.6 is 27.7 Å². The minimum absolute atomic E-state index is 0.553. The molecular formula is C42H79P3. The summed E-state index contributed by atoms with van der Waals surface area (Å²) in [6, 6.07) is 0. The van der Waals surface area contributed by atoms with Crippen molar-refractivity contribution >= 4 is 27.7 Å². The lowest BCUT2D eigenvalue weighted by Crippen LogP contribution is -2.41. The van der Waals surface area contributed by atoms with Crippen LogP contribution in [0.1, 0.15) is 218 Å². The third kappa shape index (κ3) is 10.4. The predicted octanol–water partition coefficient (Wildman–Crippen LogP) is 14.2. The molecule has 0 radical (unpaired) electrons. The first-order chi connectivity index (χ1) is 21.9. The molecule has 5 aliphatic rings. The van der Waals surface area contributed by atoms with Gasteiger partial charge in [0.05, 0.1) is 0 Å². The molecule has 5 unspecified atom stereocenters. The lowest BCUT2D eigenvalue weighted by Gasteiger charge is -2.47. The molecule has 3 heteroatoms. The molecule has 5 rings (SSSR count). The third-order valence-corrected chi connectivity index (χ3v) is 18.6. The van der Waals surface area contributed by atoms with Crippen molar-refractivity contribution in [3.8, 4) is 0 Å². The molecule has 0 heterocycles. The van der Waals surface area contributed by atoms with E-state index in [-0.39, 0.29) is 0 Å². The van der Waals surface area contributed by atoms with Gasteiger partial charge < -0.3 is 0 Å². The number of rotatable bonds is 16. The van der Waals surface area contributed by atoms with Gasteiger partial charge in [-0.05, 0) is 135 Å². The highest BCUT2D eigenvalue weighted by Gasteiger charge is 2.43. The Hall–Kier alpha value is 1.29. The molecule has 5 aliphatic carbocycles. The highest BCUT2D eigenvalue weighted by Crippen LogP contribution is 2.53. The molecule has 0 nitrogen and oxygen atoms in total. The fourth-order valence-electron chi connectivity index (χ4n) is 12.2. The SMILES string of the molecule is PC1(CCCCCC(P)(C2CCCCC2)C2CCCCC2)CCCCC1CCCCCC(P)(C1CCCCC1)C1CCCCC1. The van der Waals surface area contributed by atoms with Gasteiger partial charge in [0.15, 0.2) is 0 Å². The molecule has 0 aromatic carbocycles. The summed E-state index contributed by atoms with van der Waals surface area (Å²) >= 11 is 0. The lowest BCUT2D eigenvalue weighted by atomic mass is 9.67. The van der Waals surface area contributed by atoms with Crippen LogP contribution in [0.15, 0.2) is 0 Å². The normalized spacial score (nSPS) is 29.3. The van der Waals surface area contributed by atoms with E-state index in [0.717, 1.165) is 29.6 Å². The molecule has 0 bridgehead atoms. The van der Waals surface area contributed by atoms with E-state index in [1.807, 2.05) is 0 Å². The van der Waals surface area contributed by atoms with Crippen LogP contribution in [0.25, 0.3) is 0 Å². The average molecular weight is 677 g/mol. The summed E-state index contributed by atoms with van der Waals surface area (Å²) in [7, 11) is 10.6. The highest BCUT2D eigenvalue weighted by atomic mass is 31.0. The van der Waals surface area contributed by atoms with Crippen LogP contribution in [-0.4, -0.2) is 15.5 Å². The Morgan fingerprint density at radius 1 is 0.422 bits per heavy atom. The molecule has 0 N–H and O–H groups in total. The molecule has 5 fully saturated rings. The minimum atomic E-state index is 0.553. The van der Waals surface area contributed by atoms with E-state index in [2.05, 4.69) is 27.7 Å². The Bertz CT molecular complexity index is 765. The first-order valence-electron chi connectivity index (χ1n) is 21.3. The average Bonchev–Trinajstić information content (AvgIpc) is 3.10. The van der Waals surface area contributed by atoms with Crippen LogP contribution in [0.2, 0.25) is 0 Å². The Morgan fingerprint density at radius 3 is 1.22 bits per heavy atom. The van der Waals surface area contributed by atoms with Gasteiger partial charge in [-0.25, -0.2) is 0 Å². The van der Waals surface area contributed by atoms with E-state index in [4.69, 9.17) is 0 Å². The zero-order valence-electron chi connectivity index (χ0n) is 30.2. The summed E-state index contributed by atoms with van der Waals surface area (Å²) < 4.78 is 0. The van der Waals surface area contributed by atoms with Gasteiger partial charge in [0.25, 0.3) is 0 Å². The van der Waals surface area contributed by atoms with Crippen LogP contribution in [0.4, 0.5) is 0 Å². The number of hydrogen-bond acceptors (Lipinski definition) is 0. The summed E-state index contributed by atoms with van der Waals surface area (Å²) in [4.78, 5) is 0. The molecule has 45 heavy (non-hydrogen) atoms. The van der Waals surface area contributed by atoms with Gasteiger partial charge in [-0.15, -0.1) is 27.7 Å². The summed E-state index contributed by atoms with van der Waals surface area (Å²) in [5, 5.41) is 1.69. The van der Waals surface area contributed by atoms with Gasteiger partial charge in [-0.3, -0.25) is 0 Å². The maximum atomic E-state index is 3.56. The third-order valence-electron chi connectivity index (χ3n) is 15.1. The first kappa shape index (κ1) is 37.5. The quantitative estimate of drug-likeness (QED) is 0.113. The van der Waals surface area contributed by atoms with Gasteiger partial charge in [-0.2, -0.15) is 0 Å². The first-order valence-corrected chi connectivity index (χ1v) is 23.0. The van der Waals surface area contributed by atoms with Crippen molar-refractivity contribution in [2.75, 3.05) is 0 Å². The minimum Gasteiger partial charge on any atom is -0.131 e. The van der Waals surface area contributed by atoms with E-state index in [1.165, 1.54) is 218 Å². The second-order valence-corrected chi connectivity index (χ2v) is 21.2. The number of hydrogen-bond donors (Lipinski definition) is 0. The van der Waals surface area contributed by atoms with Crippen LogP contribution in [0.3, 0.4) is 0 Å². The largest absolute Gasteiger partial charge is 0.131 e. The molecule has 5 atom stereocenters. The van der Waals surface area contributed by atoms with E-state index >= 15 is 0 Å². The molecule has 5 saturated carbocycles. The fourth-order valence-corrected chi connectivity index (χ4v) is 14.7. The van der Waals surface area contributed by atoms with Crippen molar-refractivity contribution in [3.63, 3.8) is 0 Å². The second kappa shape index (κ2) is 19.1. The Labute approximate surface area is 290 Å². The van der Waals surface area contributed by atoms with Gasteiger partial charge in [0, 0.05) is 0 Å². The summed E-state index contributed by atoms with van der Waals surface area (Å²) in [6.07, 6.45) is 51.1. The standard InChI is InChI=1S/C42H79P3/c43-40(31-17-6-19-34-42(45,38-27-11-3-12-28-38)39-29-13-4-14-30-39)32-20-16-22-35(40)21-15-5-18-33-41(44,36-23-7-1-8-24-36)37-25-9-2-10-26-37/h35-39H,1-34,43-45H2. The van der Waals surface area contributed by atoms with Crippen LogP contribution in [-0.2, 0) is 0 Å². The Balaban J connectivity index is 1.05. The van der Waals surface area contributed by atoms with E-state index in [1.54, 1.807) is 0 Å². The van der Waals surface area contributed by atoms with Crippen LogP contribution in [0, 0.1) is 29.6 Å². The summed E-state index contributed by atoms with van der Waals surface area (Å²) in [5.41, 5.74) is 0. The topological polar surface area (TPSA) is 0 Å². The molecule has 0 aromatic heterocycles. The monoisotopic (exact) mass is 677 g/mol. The highest BCUT2D eigenvalue weighted by molar-refractivity contribution is 7.19. The molecule has 0 spiro atoms. The predicted molar refractivity (Wildman–Crippen MR) is 212 cm³/mol. The maximum absolute atomic E-state index is 3.56. The zero-order valence-corrected chi connectivity index (χ0v) is 33.6. The lowest BCUT2D eigenvalue weighted by molar-refractivity contribution is 0.161. The Morgan fingerprint density at radius 2 is 0.800 bits per heavy atom. The summed E-state index contributed by atoms with van der Waals surface area (Å²) in [5.74, 6) is 4.96. The van der Waals surface area contributed by atoms with Crippen LogP contribution < -0.4 is 0 Å². The van der Waals surface area contributed by atoms with Crippen molar-refractivity contribution in [3.05, 3.63) is 0 Å². The van der Waals surface area contributed by atoms with Gasteiger partial charge in [0.2, 0.25) is 0 Å². The summed E-state index contributed by atoms with van der Waals surface area (Å²) in [6.45, 7) is 0. The van der Waals surface area contributed by atoms with Crippen molar-refractivity contribution in [2.45, 2.75) is 234 Å². The smallest absolute Gasteiger partial charge is 0.00938 e. The van der Waals surface area contributed by atoms with Crippen molar-refractivity contribution < 1.29 is 0 Å². The van der Waals surface area contributed by atoms with Gasteiger partial charge >= 0.3 is 0 Å². The number of unbranched alkanes of at least 4 members (excludes halogenated alkanes) is 4. The van der Waals surface area contributed by atoms with E-state index in [0.29, 0.717) is 15.5 Å². The zero-order chi connectivity index (χ0) is 31.4. The molecule has 0 saturated heterocycles. The maximum Gasteiger partial charge on any atom is -0.00938 e. The molecule has 0 aromatic rings. The molecule has 262 valence electrons.